The van der Waals surface area contributed by atoms with Gasteiger partial charge in [0.05, 0.1) is 37.6 Å². The number of aromatic nitrogens is 1. The predicted octanol–water partition coefficient (Wildman–Crippen LogP) is 3.60. The third-order valence-electron chi connectivity index (χ3n) is 4.49. The Morgan fingerprint density at radius 3 is 2.57 bits per heavy atom. The molecule has 0 bridgehead atoms. The van der Waals surface area contributed by atoms with Gasteiger partial charge in [-0.3, -0.25) is 4.79 Å². The molecule has 2 aromatic carbocycles. The van der Waals surface area contributed by atoms with E-state index in [1.54, 1.807) is 33.5 Å². The average molecular weight is 380 g/mol. The van der Waals surface area contributed by atoms with Gasteiger partial charge in [-0.2, -0.15) is 0 Å². The van der Waals surface area contributed by atoms with Crippen LogP contribution < -0.4 is 14.8 Å². The van der Waals surface area contributed by atoms with Crippen molar-refractivity contribution in [2.45, 2.75) is 6.92 Å². The number of nitrogens with one attached hydrogen (secondary N) is 1. The maximum absolute atomic E-state index is 12.8. The van der Waals surface area contributed by atoms with Crippen molar-refractivity contribution in [2.75, 3.05) is 34.5 Å². The molecule has 1 N–H and O–H groups in total. The fraction of sp³-hybridized carbons (Fsp3) is 0.273. The molecule has 0 aliphatic heterocycles. The molecule has 1 amide bonds. The van der Waals surface area contributed by atoms with Crippen molar-refractivity contribution in [3.8, 4) is 22.8 Å². The molecule has 3 rings (SSSR count). The van der Waals surface area contributed by atoms with Gasteiger partial charge in [0, 0.05) is 30.7 Å². The molecule has 3 aromatic rings. The summed E-state index contributed by atoms with van der Waals surface area (Å²) in [7, 11) is 4.81. The molecule has 0 fully saturated rings. The summed E-state index contributed by atoms with van der Waals surface area (Å²) in [6.07, 6.45) is 0. The maximum atomic E-state index is 12.8. The molecule has 0 spiro atoms. The summed E-state index contributed by atoms with van der Waals surface area (Å²) in [5.41, 5.74) is 3.83. The number of rotatable bonds is 7. The number of hydrogen-bond acceptors (Lipinski definition) is 5. The average Bonchev–Trinajstić information content (AvgIpc) is 2.72. The number of ether oxygens (including phenoxy) is 3. The summed E-state index contributed by atoms with van der Waals surface area (Å²) in [6.45, 7) is 2.88. The van der Waals surface area contributed by atoms with Gasteiger partial charge in [-0.1, -0.05) is 11.6 Å². The van der Waals surface area contributed by atoms with Gasteiger partial charge in [0.1, 0.15) is 11.5 Å². The molecule has 0 saturated carbocycles. The molecule has 6 nitrogen and oxygen atoms in total. The molecule has 0 aliphatic carbocycles. The van der Waals surface area contributed by atoms with Crippen LogP contribution in [0.15, 0.2) is 42.5 Å². The van der Waals surface area contributed by atoms with Gasteiger partial charge in [0.25, 0.3) is 5.91 Å². The zero-order valence-corrected chi connectivity index (χ0v) is 16.5. The van der Waals surface area contributed by atoms with Crippen LogP contribution in [0.25, 0.3) is 22.2 Å². The third kappa shape index (κ3) is 4.07. The van der Waals surface area contributed by atoms with Crippen LogP contribution in [0.1, 0.15) is 15.9 Å². The number of methoxy groups -OCH3 is 3. The first-order valence-electron chi connectivity index (χ1n) is 8.98. The smallest absolute Gasteiger partial charge is 0.252 e. The van der Waals surface area contributed by atoms with Crippen LogP contribution in [0.2, 0.25) is 0 Å². The molecule has 6 heteroatoms. The second kappa shape index (κ2) is 8.71. The van der Waals surface area contributed by atoms with Crippen molar-refractivity contribution in [2.24, 2.45) is 0 Å². The molecule has 0 aliphatic rings. The highest BCUT2D eigenvalue weighted by Crippen LogP contribution is 2.34. The van der Waals surface area contributed by atoms with E-state index in [0.29, 0.717) is 35.9 Å². The molecule has 0 atom stereocenters. The number of nitrogens with zero attached hydrogens (tertiary/aromatic N) is 1. The van der Waals surface area contributed by atoms with E-state index >= 15 is 0 Å². The van der Waals surface area contributed by atoms with Gasteiger partial charge in [-0.15, -0.1) is 0 Å². The van der Waals surface area contributed by atoms with Gasteiger partial charge in [-0.25, -0.2) is 4.98 Å². The maximum Gasteiger partial charge on any atom is 0.252 e. The van der Waals surface area contributed by atoms with E-state index in [-0.39, 0.29) is 5.91 Å². The lowest BCUT2D eigenvalue weighted by molar-refractivity contribution is 0.0938. The summed E-state index contributed by atoms with van der Waals surface area (Å²) in [5, 5.41) is 3.71. The van der Waals surface area contributed by atoms with E-state index in [1.165, 1.54) is 0 Å². The van der Waals surface area contributed by atoms with Gasteiger partial charge >= 0.3 is 0 Å². The van der Waals surface area contributed by atoms with Crippen LogP contribution in [0.5, 0.6) is 11.5 Å². The summed E-state index contributed by atoms with van der Waals surface area (Å²) in [5.74, 6) is 1.15. The minimum absolute atomic E-state index is 0.163. The number of hydrogen-bond donors (Lipinski definition) is 1. The van der Waals surface area contributed by atoms with E-state index in [0.717, 1.165) is 22.0 Å². The van der Waals surface area contributed by atoms with E-state index in [2.05, 4.69) is 5.32 Å². The Hall–Kier alpha value is -3.12. The van der Waals surface area contributed by atoms with E-state index < -0.39 is 0 Å². The van der Waals surface area contributed by atoms with Crippen LogP contribution in [0.4, 0.5) is 0 Å². The molecule has 1 aromatic heterocycles. The van der Waals surface area contributed by atoms with E-state index in [4.69, 9.17) is 19.2 Å². The minimum Gasteiger partial charge on any atom is -0.497 e. The molecule has 146 valence electrons. The first kappa shape index (κ1) is 19.6. The summed E-state index contributed by atoms with van der Waals surface area (Å²) in [6, 6.07) is 13.2. The van der Waals surface area contributed by atoms with Crippen LogP contribution in [-0.4, -0.2) is 45.4 Å². The predicted molar refractivity (Wildman–Crippen MR) is 109 cm³/mol. The molecular formula is C22H24N2O4. The molecule has 28 heavy (non-hydrogen) atoms. The van der Waals surface area contributed by atoms with E-state index in [9.17, 15) is 4.79 Å². The topological polar surface area (TPSA) is 69.7 Å². The number of pyridine rings is 1. The van der Waals surface area contributed by atoms with Crippen LogP contribution in [0.3, 0.4) is 0 Å². The first-order valence-corrected chi connectivity index (χ1v) is 8.98. The number of benzene rings is 2. The lowest BCUT2D eigenvalue weighted by Gasteiger charge is -2.14. The highest BCUT2D eigenvalue weighted by Gasteiger charge is 2.16. The van der Waals surface area contributed by atoms with Gasteiger partial charge in [0.15, 0.2) is 0 Å². The van der Waals surface area contributed by atoms with Crippen molar-refractivity contribution in [1.29, 1.82) is 0 Å². The second-order valence-electron chi connectivity index (χ2n) is 6.39. The Labute approximate surface area is 164 Å². The zero-order chi connectivity index (χ0) is 20.1. The second-order valence-corrected chi connectivity index (χ2v) is 6.39. The first-order chi connectivity index (χ1) is 13.6. The third-order valence-corrected chi connectivity index (χ3v) is 4.49. The molecule has 1 heterocycles. The Kier molecular flexibility index (Phi) is 6.11. The van der Waals surface area contributed by atoms with Gasteiger partial charge < -0.3 is 19.5 Å². The fourth-order valence-electron chi connectivity index (χ4n) is 3.04. The fourth-order valence-corrected chi connectivity index (χ4v) is 3.04. The quantitative estimate of drug-likeness (QED) is 0.634. The normalized spacial score (nSPS) is 10.7. The molecular weight excluding hydrogens is 356 g/mol. The van der Waals surface area contributed by atoms with Crippen LogP contribution in [0, 0.1) is 6.92 Å². The number of amides is 1. The van der Waals surface area contributed by atoms with Crippen molar-refractivity contribution in [1.82, 2.24) is 10.3 Å². The van der Waals surface area contributed by atoms with Gasteiger partial charge in [0.2, 0.25) is 0 Å². The number of aryl methyl sites for hydroxylation is 1. The monoisotopic (exact) mass is 380 g/mol. The largest absolute Gasteiger partial charge is 0.497 e. The summed E-state index contributed by atoms with van der Waals surface area (Å²) < 4.78 is 15.8. The lowest BCUT2D eigenvalue weighted by atomic mass is 10.0. The number of carbonyl (C=O) groups excluding carboxylic acids is 1. The van der Waals surface area contributed by atoms with Crippen molar-refractivity contribution in [3.63, 3.8) is 0 Å². The molecule has 0 radical (unpaired) electrons. The van der Waals surface area contributed by atoms with Crippen molar-refractivity contribution >= 4 is 16.8 Å². The highest BCUT2D eigenvalue weighted by molar-refractivity contribution is 6.07. The van der Waals surface area contributed by atoms with Crippen molar-refractivity contribution < 1.29 is 19.0 Å². The van der Waals surface area contributed by atoms with Crippen molar-refractivity contribution in [3.05, 3.63) is 53.6 Å². The van der Waals surface area contributed by atoms with E-state index in [1.807, 2.05) is 37.3 Å². The molecule has 0 unspecified atom stereocenters. The Bertz CT molecular complexity index is 1000. The lowest BCUT2D eigenvalue weighted by Crippen LogP contribution is -2.27. The molecule has 0 saturated heterocycles. The minimum atomic E-state index is -0.163. The SMILES string of the molecule is COCCNC(=O)c1cc(-c2ccc(OC)cc2OC)nc2ccc(C)cc12. The number of fused-ring (bicyclic) bond motifs is 1. The Morgan fingerprint density at radius 1 is 1.04 bits per heavy atom. The van der Waals surface area contributed by atoms with Crippen LogP contribution in [-0.2, 0) is 4.74 Å². The standard InChI is InChI=1S/C22H24N2O4/c1-14-5-8-19-17(11-14)18(22(25)23-9-10-26-2)13-20(24-19)16-7-6-15(27-3)12-21(16)28-4/h5-8,11-13H,9-10H2,1-4H3,(H,23,25). The highest BCUT2D eigenvalue weighted by atomic mass is 16.5. The summed E-state index contributed by atoms with van der Waals surface area (Å²) in [4.78, 5) is 17.6. The summed E-state index contributed by atoms with van der Waals surface area (Å²) >= 11 is 0. The number of carbonyl (C=O) groups is 1. The van der Waals surface area contributed by atoms with Gasteiger partial charge in [-0.05, 0) is 37.3 Å². The zero-order valence-electron chi connectivity index (χ0n) is 16.5. The Balaban J connectivity index is 2.14. The Morgan fingerprint density at radius 2 is 1.86 bits per heavy atom. The van der Waals surface area contributed by atoms with Crippen LogP contribution >= 0.6 is 0 Å².